The summed E-state index contributed by atoms with van der Waals surface area (Å²) in [6.07, 6.45) is -1.78. The molecule has 1 heterocycles. The molecule has 6 nitrogen and oxygen atoms in total. The first-order valence-electron chi connectivity index (χ1n) is 14.2. The van der Waals surface area contributed by atoms with Gasteiger partial charge in [0.2, 0.25) is 0 Å². The van der Waals surface area contributed by atoms with E-state index in [1.165, 1.54) is 0 Å². The average molecular weight is 603 g/mol. The minimum Gasteiger partial charge on any atom is -0.379 e. The molecule has 0 aromatic heterocycles. The zero-order valence-corrected chi connectivity index (χ0v) is 24.7. The van der Waals surface area contributed by atoms with Crippen molar-refractivity contribution >= 4 is 21.4 Å². The Balaban J connectivity index is 1.52. The molecule has 1 aliphatic rings. The monoisotopic (exact) mass is 602 g/mol. The summed E-state index contributed by atoms with van der Waals surface area (Å²) in [5.41, 5.74) is 2.12. The molecule has 42 heavy (non-hydrogen) atoms. The van der Waals surface area contributed by atoms with Crippen LogP contribution in [0.5, 0.6) is 0 Å². The van der Waals surface area contributed by atoms with Crippen molar-refractivity contribution in [3.8, 4) is 0 Å². The van der Waals surface area contributed by atoms with Crippen molar-refractivity contribution in [2.75, 3.05) is 30.4 Å². The van der Waals surface area contributed by atoms with Crippen LogP contribution in [0.1, 0.15) is 66.1 Å². The number of nitrogens with one attached hydrogen (secondary N) is 1. The summed E-state index contributed by atoms with van der Waals surface area (Å²) < 4.78 is 69.5. The van der Waals surface area contributed by atoms with Gasteiger partial charge in [-0.15, -0.1) is 0 Å². The second-order valence-corrected chi connectivity index (χ2v) is 12.8. The van der Waals surface area contributed by atoms with Crippen molar-refractivity contribution in [2.24, 2.45) is 0 Å². The number of hydrogen-bond acceptors (Lipinski definition) is 5. The van der Waals surface area contributed by atoms with Gasteiger partial charge < -0.3 is 15.0 Å². The number of carbonyl (C=O) groups excluding carboxylic acids is 1. The van der Waals surface area contributed by atoms with Gasteiger partial charge >= 0.3 is 6.18 Å². The van der Waals surface area contributed by atoms with Crippen LogP contribution < -0.4 is 10.2 Å². The van der Waals surface area contributed by atoms with E-state index in [4.69, 9.17) is 4.74 Å². The molecule has 2 atom stereocenters. The normalized spacial score (nSPS) is 17.4. The maximum absolute atomic E-state index is 13.4. The largest absolute Gasteiger partial charge is 0.416 e. The van der Waals surface area contributed by atoms with Gasteiger partial charge in [0.1, 0.15) is 0 Å². The van der Waals surface area contributed by atoms with Crippen LogP contribution in [-0.4, -0.2) is 45.9 Å². The summed E-state index contributed by atoms with van der Waals surface area (Å²) in [6.45, 7) is 5.49. The van der Waals surface area contributed by atoms with Crippen LogP contribution in [0, 0.1) is 0 Å². The van der Waals surface area contributed by atoms with E-state index in [9.17, 15) is 26.4 Å². The van der Waals surface area contributed by atoms with Gasteiger partial charge in [-0.05, 0) is 60.4 Å². The van der Waals surface area contributed by atoms with Crippen LogP contribution in [0.15, 0.2) is 77.7 Å². The molecule has 10 heteroatoms. The third-order valence-corrected chi connectivity index (χ3v) is 9.40. The first kappa shape index (κ1) is 31.6. The second-order valence-electron chi connectivity index (χ2n) is 10.5. The average Bonchev–Trinajstić information content (AvgIpc) is 3.42. The van der Waals surface area contributed by atoms with Crippen LogP contribution in [-0.2, 0) is 27.3 Å². The van der Waals surface area contributed by atoms with Gasteiger partial charge in [-0.25, -0.2) is 8.42 Å². The van der Waals surface area contributed by atoms with Crippen molar-refractivity contribution in [3.05, 3.63) is 95.1 Å². The molecule has 1 aliphatic heterocycles. The summed E-state index contributed by atoms with van der Waals surface area (Å²) in [6, 6.07) is 19.0. The predicted molar refractivity (Wildman–Crippen MR) is 157 cm³/mol. The fraction of sp³-hybridized carbons (Fsp3) is 0.406. The molecule has 3 aromatic rings. The van der Waals surface area contributed by atoms with Crippen LogP contribution in [0.25, 0.3) is 0 Å². The molecule has 0 saturated carbocycles. The highest BCUT2D eigenvalue weighted by Gasteiger charge is 2.36. The number of sulfone groups is 1. The van der Waals surface area contributed by atoms with E-state index in [2.05, 4.69) is 17.1 Å². The minimum atomic E-state index is -4.39. The number of hydrogen-bond donors (Lipinski definition) is 1. The topological polar surface area (TPSA) is 75.7 Å². The summed E-state index contributed by atoms with van der Waals surface area (Å²) >= 11 is 0. The van der Waals surface area contributed by atoms with Crippen molar-refractivity contribution in [1.29, 1.82) is 0 Å². The maximum Gasteiger partial charge on any atom is 0.416 e. The first-order valence-corrected chi connectivity index (χ1v) is 15.9. The molecule has 1 amide bonds. The Hall–Kier alpha value is -3.37. The summed E-state index contributed by atoms with van der Waals surface area (Å²) in [5, 5.41) is 2.94. The number of unbranched alkanes of at least 4 members (excludes halogenated alkanes) is 1. The van der Waals surface area contributed by atoms with E-state index >= 15 is 0 Å². The van der Waals surface area contributed by atoms with Gasteiger partial charge in [-0.2, -0.15) is 13.2 Å². The quantitative estimate of drug-likeness (QED) is 0.236. The maximum atomic E-state index is 13.4. The number of alkyl halides is 3. The van der Waals surface area contributed by atoms with Crippen molar-refractivity contribution in [1.82, 2.24) is 5.32 Å². The van der Waals surface area contributed by atoms with Crippen molar-refractivity contribution in [2.45, 2.75) is 62.7 Å². The lowest BCUT2D eigenvalue weighted by atomic mass is 9.95. The van der Waals surface area contributed by atoms with Crippen LogP contribution >= 0.6 is 0 Å². The van der Waals surface area contributed by atoms with Gasteiger partial charge in [0.25, 0.3) is 5.91 Å². The Morgan fingerprint density at radius 1 is 1.00 bits per heavy atom. The van der Waals surface area contributed by atoms with Gasteiger partial charge in [0.15, 0.2) is 9.84 Å². The second kappa shape index (κ2) is 13.7. The van der Waals surface area contributed by atoms with Crippen LogP contribution in [0.4, 0.5) is 18.9 Å². The predicted octanol–water partition coefficient (Wildman–Crippen LogP) is 6.61. The Kier molecular flexibility index (Phi) is 10.3. The lowest BCUT2D eigenvalue weighted by Crippen LogP contribution is -2.35. The highest BCUT2D eigenvalue weighted by atomic mass is 32.2. The van der Waals surface area contributed by atoms with E-state index in [0.717, 1.165) is 41.8 Å². The smallest absolute Gasteiger partial charge is 0.379 e. The molecule has 0 spiro atoms. The Labute approximate surface area is 245 Å². The molecule has 1 N–H and O–H groups in total. The highest BCUT2D eigenvalue weighted by Crippen LogP contribution is 2.38. The van der Waals surface area contributed by atoms with E-state index in [1.807, 2.05) is 12.1 Å². The Bertz CT molecular complexity index is 1440. The van der Waals surface area contributed by atoms with E-state index in [1.54, 1.807) is 55.5 Å². The molecule has 0 aliphatic carbocycles. The minimum absolute atomic E-state index is 0.0146. The fourth-order valence-electron chi connectivity index (χ4n) is 5.20. The lowest BCUT2D eigenvalue weighted by molar-refractivity contribution is -0.137. The number of nitrogens with zero attached hydrogens (tertiary/aromatic N) is 1. The molecule has 1 fully saturated rings. The zero-order valence-electron chi connectivity index (χ0n) is 23.9. The van der Waals surface area contributed by atoms with Gasteiger partial charge in [-0.3, -0.25) is 4.79 Å². The van der Waals surface area contributed by atoms with Crippen molar-refractivity contribution < 1.29 is 31.1 Å². The van der Waals surface area contributed by atoms with E-state index in [-0.39, 0.29) is 35.1 Å². The number of benzene rings is 3. The van der Waals surface area contributed by atoms with Crippen LogP contribution in [0.3, 0.4) is 0 Å². The van der Waals surface area contributed by atoms with E-state index < -0.39 is 21.6 Å². The molecule has 3 aromatic carbocycles. The lowest BCUT2D eigenvalue weighted by Gasteiger charge is -2.28. The third-order valence-electron chi connectivity index (χ3n) is 7.65. The molecule has 4 rings (SSSR count). The fourth-order valence-corrected chi connectivity index (χ4v) is 6.08. The Morgan fingerprint density at radius 3 is 2.33 bits per heavy atom. The summed E-state index contributed by atoms with van der Waals surface area (Å²) in [5.74, 6) is -0.290. The number of carbonyl (C=O) groups is 1. The first-order chi connectivity index (χ1) is 20.0. The summed E-state index contributed by atoms with van der Waals surface area (Å²) in [4.78, 5) is 15.8. The van der Waals surface area contributed by atoms with Gasteiger partial charge in [0, 0.05) is 31.3 Å². The van der Waals surface area contributed by atoms with Gasteiger partial charge in [-0.1, -0.05) is 56.7 Å². The third kappa shape index (κ3) is 7.72. The standard InChI is InChI=1S/C32H37F3N2O4S/c1-3-5-18-41-22-27-19-25(24-12-14-26(15-13-24)32(33,34)35)21-37(27)30-9-7-6-8-29(30)31(38)36-20-23-10-16-28(17-11-23)42(39,40)4-2/h6-17,25,27H,3-5,18-22H2,1-2H3,(H,36,38)/t25?,27-/m0/s1. The Morgan fingerprint density at radius 2 is 1.69 bits per heavy atom. The number of halogens is 3. The number of rotatable bonds is 12. The summed E-state index contributed by atoms with van der Waals surface area (Å²) in [7, 11) is -3.31. The molecular weight excluding hydrogens is 565 g/mol. The van der Waals surface area contributed by atoms with Crippen LogP contribution in [0.2, 0.25) is 0 Å². The number of ether oxygens (including phenoxy) is 1. The highest BCUT2D eigenvalue weighted by molar-refractivity contribution is 7.91. The van der Waals surface area contributed by atoms with Gasteiger partial charge in [0.05, 0.1) is 34.4 Å². The molecule has 1 unspecified atom stereocenters. The molecule has 1 saturated heterocycles. The molecule has 0 radical (unpaired) electrons. The number of amides is 1. The molecule has 226 valence electrons. The van der Waals surface area contributed by atoms with Crippen molar-refractivity contribution in [3.63, 3.8) is 0 Å². The number of para-hydroxylation sites is 1. The SMILES string of the molecule is CCCCOC[C@@H]1CC(c2ccc(C(F)(F)F)cc2)CN1c1ccccc1C(=O)NCc1ccc(S(=O)(=O)CC)cc1. The number of anilines is 1. The molecular formula is C32H37F3N2O4S. The van der Waals surface area contributed by atoms with E-state index in [0.29, 0.717) is 31.7 Å². The zero-order chi connectivity index (χ0) is 30.3. The molecule has 0 bridgehead atoms.